The van der Waals surface area contributed by atoms with Crippen molar-refractivity contribution in [3.8, 4) is 5.75 Å². The van der Waals surface area contributed by atoms with Crippen molar-refractivity contribution in [3.63, 3.8) is 0 Å². The van der Waals surface area contributed by atoms with Crippen LogP contribution in [0, 0.1) is 0 Å². The monoisotopic (exact) mass is 361 g/mol. The topological polar surface area (TPSA) is 81.7 Å². The van der Waals surface area contributed by atoms with Gasteiger partial charge in [0.1, 0.15) is 12.3 Å². The molecule has 0 atom stereocenters. The number of carbonyl (C=O) groups is 3. The summed E-state index contributed by atoms with van der Waals surface area (Å²) in [5.74, 6) is -0.865. The first-order chi connectivity index (χ1) is 12.0. The predicted molar refractivity (Wildman–Crippen MR) is 92.1 cm³/mol. The molecular weight excluding hydrogens is 346 g/mol. The molecule has 0 bridgehead atoms. The molecule has 130 valence electrons. The molecule has 0 spiro atoms. The Morgan fingerprint density at radius 1 is 0.960 bits per heavy atom. The van der Waals surface area contributed by atoms with Crippen LogP contribution >= 0.6 is 11.6 Å². The maximum atomic E-state index is 11.9. The number of ketones is 1. The summed E-state index contributed by atoms with van der Waals surface area (Å²) < 4.78 is 9.85. The van der Waals surface area contributed by atoms with E-state index >= 15 is 0 Å². The zero-order valence-electron chi connectivity index (χ0n) is 13.5. The second-order valence-corrected chi connectivity index (χ2v) is 5.44. The summed E-state index contributed by atoms with van der Waals surface area (Å²) in [6.45, 7) is -0.738. The summed E-state index contributed by atoms with van der Waals surface area (Å²) in [5, 5.41) is 2.93. The Morgan fingerprint density at radius 2 is 1.56 bits per heavy atom. The highest BCUT2D eigenvalue weighted by Gasteiger charge is 2.12. The summed E-state index contributed by atoms with van der Waals surface area (Å²) in [6, 6.07) is 12.7. The molecular formula is C18H16ClNO5. The fourth-order valence-electron chi connectivity index (χ4n) is 1.91. The molecule has 2 aromatic carbocycles. The van der Waals surface area contributed by atoms with Gasteiger partial charge < -0.3 is 14.8 Å². The van der Waals surface area contributed by atoms with Crippen molar-refractivity contribution in [3.05, 3.63) is 64.7 Å². The standard InChI is InChI=1S/C18H16ClNO5/c1-24-15-8-4-13(5-9-15)18(23)20-10-17(22)25-11-16(21)12-2-6-14(19)7-3-12/h2-9H,10-11H2,1H3,(H,20,23). The van der Waals surface area contributed by atoms with E-state index in [1.54, 1.807) is 48.5 Å². The highest BCUT2D eigenvalue weighted by atomic mass is 35.5. The molecule has 7 heteroatoms. The van der Waals surface area contributed by atoms with Crippen LogP contribution < -0.4 is 10.1 Å². The van der Waals surface area contributed by atoms with Crippen molar-refractivity contribution >= 4 is 29.3 Å². The molecule has 0 aliphatic carbocycles. The molecule has 0 aliphatic rings. The Kier molecular flexibility index (Phi) is 6.54. The van der Waals surface area contributed by atoms with Crippen molar-refractivity contribution in [2.24, 2.45) is 0 Å². The number of hydrogen-bond donors (Lipinski definition) is 1. The normalized spacial score (nSPS) is 10.0. The second kappa shape index (κ2) is 8.84. The quantitative estimate of drug-likeness (QED) is 0.605. The van der Waals surface area contributed by atoms with E-state index in [-0.39, 0.29) is 12.3 Å². The molecule has 0 saturated heterocycles. The Balaban J connectivity index is 1.77. The molecule has 0 heterocycles. The number of carbonyl (C=O) groups excluding carboxylic acids is 3. The fourth-order valence-corrected chi connectivity index (χ4v) is 2.04. The molecule has 0 aliphatic heterocycles. The predicted octanol–water partition coefficient (Wildman–Crippen LogP) is 2.50. The second-order valence-electron chi connectivity index (χ2n) is 5.00. The van der Waals surface area contributed by atoms with Crippen LogP contribution in [0.3, 0.4) is 0 Å². The molecule has 25 heavy (non-hydrogen) atoms. The molecule has 1 N–H and O–H groups in total. The van der Waals surface area contributed by atoms with E-state index in [0.717, 1.165) is 0 Å². The van der Waals surface area contributed by atoms with E-state index in [1.807, 2.05) is 0 Å². The smallest absolute Gasteiger partial charge is 0.325 e. The summed E-state index contributed by atoms with van der Waals surface area (Å²) in [5.41, 5.74) is 0.769. The average molecular weight is 362 g/mol. The van der Waals surface area contributed by atoms with Crippen LogP contribution in [0.1, 0.15) is 20.7 Å². The Bertz CT molecular complexity index is 756. The van der Waals surface area contributed by atoms with Crippen molar-refractivity contribution in [2.75, 3.05) is 20.3 Å². The molecule has 0 radical (unpaired) electrons. The number of amides is 1. The van der Waals surface area contributed by atoms with E-state index in [4.69, 9.17) is 21.1 Å². The molecule has 2 rings (SSSR count). The SMILES string of the molecule is COc1ccc(C(=O)NCC(=O)OCC(=O)c2ccc(Cl)cc2)cc1. The van der Waals surface area contributed by atoms with Gasteiger partial charge >= 0.3 is 5.97 Å². The lowest BCUT2D eigenvalue weighted by atomic mass is 10.1. The largest absolute Gasteiger partial charge is 0.497 e. The number of benzene rings is 2. The lowest BCUT2D eigenvalue weighted by Gasteiger charge is -2.07. The van der Waals surface area contributed by atoms with Gasteiger partial charge in [0, 0.05) is 16.1 Å². The fraction of sp³-hybridized carbons (Fsp3) is 0.167. The minimum Gasteiger partial charge on any atom is -0.497 e. The Morgan fingerprint density at radius 3 is 2.16 bits per heavy atom. The van der Waals surface area contributed by atoms with Gasteiger partial charge in [0.2, 0.25) is 0 Å². The number of rotatable bonds is 7. The van der Waals surface area contributed by atoms with E-state index in [2.05, 4.69) is 5.32 Å². The summed E-state index contributed by atoms with van der Waals surface area (Å²) in [6.07, 6.45) is 0. The first-order valence-electron chi connectivity index (χ1n) is 7.36. The molecule has 0 fully saturated rings. The minimum atomic E-state index is -0.704. The third kappa shape index (κ3) is 5.61. The third-order valence-electron chi connectivity index (χ3n) is 3.28. The number of halogens is 1. The van der Waals surface area contributed by atoms with Crippen LogP contribution in [-0.4, -0.2) is 37.9 Å². The van der Waals surface area contributed by atoms with Gasteiger partial charge in [0.25, 0.3) is 5.91 Å². The van der Waals surface area contributed by atoms with E-state index in [0.29, 0.717) is 21.9 Å². The van der Waals surface area contributed by atoms with Gasteiger partial charge in [-0.05, 0) is 48.5 Å². The third-order valence-corrected chi connectivity index (χ3v) is 3.53. The van der Waals surface area contributed by atoms with Gasteiger partial charge in [-0.1, -0.05) is 11.6 Å². The summed E-state index contributed by atoms with van der Waals surface area (Å²) in [7, 11) is 1.52. The number of nitrogens with one attached hydrogen (secondary N) is 1. The van der Waals surface area contributed by atoms with Crippen LogP contribution in [0.5, 0.6) is 5.75 Å². The van der Waals surface area contributed by atoms with Gasteiger partial charge in [-0.25, -0.2) is 0 Å². The molecule has 0 saturated carbocycles. The molecule has 6 nitrogen and oxygen atoms in total. The van der Waals surface area contributed by atoms with E-state index in [9.17, 15) is 14.4 Å². The molecule has 0 unspecified atom stereocenters. The average Bonchev–Trinajstić information content (AvgIpc) is 2.64. The van der Waals surface area contributed by atoms with Gasteiger partial charge in [-0.15, -0.1) is 0 Å². The first kappa shape index (κ1) is 18.5. The van der Waals surface area contributed by atoms with Crippen molar-refractivity contribution in [2.45, 2.75) is 0 Å². The number of ether oxygens (including phenoxy) is 2. The zero-order valence-corrected chi connectivity index (χ0v) is 14.2. The van der Waals surface area contributed by atoms with Gasteiger partial charge in [0.05, 0.1) is 7.11 Å². The lowest BCUT2D eigenvalue weighted by Crippen LogP contribution is -2.31. The van der Waals surface area contributed by atoms with Crippen LogP contribution in [-0.2, 0) is 9.53 Å². The summed E-state index contributed by atoms with van der Waals surface area (Å²) >= 11 is 5.74. The lowest BCUT2D eigenvalue weighted by molar-refractivity contribution is -0.141. The van der Waals surface area contributed by atoms with Crippen LogP contribution in [0.15, 0.2) is 48.5 Å². The molecule has 0 aromatic heterocycles. The number of esters is 1. The summed E-state index contributed by atoms with van der Waals surface area (Å²) in [4.78, 5) is 35.4. The number of methoxy groups -OCH3 is 1. The van der Waals surface area contributed by atoms with Gasteiger partial charge in [-0.3, -0.25) is 14.4 Å². The van der Waals surface area contributed by atoms with Crippen LogP contribution in [0.4, 0.5) is 0 Å². The highest BCUT2D eigenvalue weighted by Crippen LogP contribution is 2.11. The van der Waals surface area contributed by atoms with Crippen molar-refractivity contribution in [1.29, 1.82) is 0 Å². The number of Topliss-reactive ketones (excluding diaryl/α,β-unsaturated/α-hetero) is 1. The Hall–Kier alpha value is -2.86. The minimum absolute atomic E-state index is 0.335. The number of hydrogen-bond acceptors (Lipinski definition) is 5. The van der Waals surface area contributed by atoms with Crippen molar-refractivity contribution < 1.29 is 23.9 Å². The molecule has 2 aromatic rings. The van der Waals surface area contributed by atoms with Gasteiger partial charge in [0.15, 0.2) is 12.4 Å². The van der Waals surface area contributed by atoms with E-state index < -0.39 is 18.5 Å². The Labute approximate surface area is 149 Å². The van der Waals surface area contributed by atoms with Crippen LogP contribution in [0.2, 0.25) is 5.02 Å². The van der Waals surface area contributed by atoms with E-state index in [1.165, 1.54) is 7.11 Å². The highest BCUT2D eigenvalue weighted by molar-refractivity contribution is 6.30. The van der Waals surface area contributed by atoms with Crippen molar-refractivity contribution in [1.82, 2.24) is 5.32 Å². The van der Waals surface area contributed by atoms with Gasteiger partial charge in [-0.2, -0.15) is 0 Å². The first-order valence-corrected chi connectivity index (χ1v) is 7.74. The maximum Gasteiger partial charge on any atom is 0.325 e. The van der Waals surface area contributed by atoms with Crippen LogP contribution in [0.25, 0.3) is 0 Å². The maximum absolute atomic E-state index is 11.9. The zero-order chi connectivity index (χ0) is 18.2. The molecule has 1 amide bonds.